The third-order valence-electron chi connectivity index (χ3n) is 3.21. The van der Waals surface area contributed by atoms with Crippen molar-refractivity contribution < 1.29 is 0 Å². The maximum atomic E-state index is 4.20. The summed E-state index contributed by atoms with van der Waals surface area (Å²) in [5.74, 6) is 0. The van der Waals surface area contributed by atoms with E-state index in [0.717, 1.165) is 13.0 Å². The van der Waals surface area contributed by atoms with Crippen molar-refractivity contribution in [3.63, 3.8) is 0 Å². The van der Waals surface area contributed by atoms with E-state index >= 15 is 0 Å². The Hall–Kier alpha value is -1.61. The van der Waals surface area contributed by atoms with Crippen molar-refractivity contribution in [2.24, 2.45) is 7.05 Å². The van der Waals surface area contributed by atoms with Crippen LogP contribution in [-0.4, -0.2) is 16.3 Å². The highest BCUT2D eigenvalue weighted by atomic mass is 15.2. The van der Waals surface area contributed by atoms with Gasteiger partial charge in [0.15, 0.2) is 0 Å². The predicted molar refractivity (Wildman–Crippen MR) is 75.4 cm³/mol. The van der Waals surface area contributed by atoms with Crippen LogP contribution in [-0.2, 0) is 7.05 Å². The second-order valence-corrected chi connectivity index (χ2v) is 4.54. The molecule has 1 aromatic heterocycles. The van der Waals surface area contributed by atoms with Crippen molar-refractivity contribution in [2.45, 2.75) is 26.3 Å². The van der Waals surface area contributed by atoms with Gasteiger partial charge in [-0.3, -0.25) is 4.68 Å². The second-order valence-electron chi connectivity index (χ2n) is 4.54. The van der Waals surface area contributed by atoms with Crippen LogP contribution in [0.5, 0.6) is 0 Å². The number of hydrogen-bond donors (Lipinski definition) is 1. The lowest BCUT2D eigenvalue weighted by molar-refractivity contribution is 0.537. The normalized spacial score (nSPS) is 12.6. The van der Waals surface area contributed by atoms with Gasteiger partial charge in [0.25, 0.3) is 0 Å². The lowest BCUT2D eigenvalue weighted by atomic mass is 10.0. The fourth-order valence-corrected chi connectivity index (χ4v) is 2.22. The molecule has 1 N–H and O–H groups in total. The van der Waals surface area contributed by atoms with Crippen molar-refractivity contribution in [3.8, 4) is 11.1 Å². The molecule has 0 saturated carbocycles. The summed E-state index contributed by atoms with van der Waals surface area (Å²) in [6, 6.07) is 9.22. The zero-order valence-corrected chi connectivity index (χ0v) is 11.4. The lowest BCUT2D eigenvalue weighted by Gasteiger charge is -2.16. The number of benzene rings is 1. The zero-order chi connectivity index (χ0) is 13.0. The topological polar surface area (TPSA) is 29.9 Å². The summed E-state index contributed by atoms with van der Waals surface area (Å²) in [7, 11) is 1.94. The molecule has 0 aliphatic rings. The quantitative estimate of drug-likeness (QED) is 0.874. The molecule has 0 aliphatic heterocycles. The Morgan fingerprint density at radius 2 is 1.89 bits per heavy atom. The molecule has 1 heterocycles. The van der Waals surface area contributed by atoms with Gasteiger partial charge in [-0.15, -0.1) is 0 Å². The summed E-state index contributed by atoms with van der Waals surface area (Å²) in [6.07, 6.45) is 5.05. The maximum Gasteiger partial charge on any atom is 0.0568 e. The predicted octanol–water partition coefficient (Wildman–Crippen LogP) is 3.15. The van der Waals surface area contributed by atoms with E-state index in [-0.39, 0.29) is 0 Å². The number of nitrogens with zero attached hydrogens (tertiary/aromatic N) is 2. The highest BCUT2D eigenvalue weighted by Gasteiger charge is 2.07. The molecule has 0 fully saturated rings. The monoisotopic (exact) mass is 243 g/mol. The van der Waals surface area contributed by atoms with E-state index in [9.17, 15) is 0 Å². The average molecular weight is 243 g/mol. The lowest BCUT2D eigenvalue weighted by Crippen LogP contribution is -2.19. The second kappa shape index (κ2) is 5.83. The minimum atomic E-state index is 0.456. The highest BCUT2D eigenvalue weighted by Crippen LogP contribution is 2.22. The standard InChI is InChI=1S/C15H21N3/c1-4-15(16-5-2)13-8-6-12(7-9-13)14-10-17-18(3)11-14/h6-11,15-16H,4-5H2,1-3H3. The van der Waals surface area contributed by atoms with Crippen LogP contribution in [0.4, 0.5) is 0 Å². The van der Waals surface area contributed by atoms with Gasteiger partial charge in [0.2, 0.25) is 0 Å². The van der Waals surface area contributed by atoms with Gasteiger partial charge < -0.3 is 5.32 Å². The van der Waals surface area contributed by atoms with Crippen LogP contribution in [0.1, 0.15) is 31.9 Å². The van der Waals surface area contributed by atoms with Gasteiger partial charge in [0, 0.05) is 24.8 Å². The third kappa shape index (κ3) is 2.79. The molecule has 0 spiro atoms. The molecule has 18 heavy (non-hydrogen) atoms. The molecule has 1 unspecified atom stereocenters. The molecule has 0 aliphatic carbocycles. The summed E-state index contributed by atoms with van der Waals surface area (Å²) in [5, 5.41) is 7.70. The van der Waals surface area contributed by atoms with Gasteiger partial charge in [0.05, 0.1) is 6.20 Å². The largest absolute Gasteiger partial charge is 0.310 e. The van der Waals surface area contributed by atoms with Crippen LogP contribution in [0.25, 0.3) is 11.1 Å². The van der Waals surface area contributed by atoms with E-state index in [0.29, 0.717) is 6.04 Å². The average Bonchev–Trinajstić information content (AvgIpc) is 2.83. The van der Waals surface area contributed by atoms with Gasteiger partial charge in [0.1, 0.15) is 0 Å². The van der Waals surface area contributed by atoms with E-state index in [2.05, 4.69) is 48.5 Å². The van der Waals surface area contributed by atoms with Crippen molar-refractivity contribution >= 4 is 0 Å². The Balaban J connectivity index is 2.19. The Kier molecular flexibility index (Phi) is 4.15. The number of hydrogen-bond acceptors (Lipinski definition) is 2. The summed E-state index contributed by atoms with van der Waals surface area (Å²) in [4.78, 5) is 0. The van der Waals surface area contributed by atoms with E-state index in [1.54, 1.807) is 0 Å². The molecule has 96 valence electrons. The smallest absolute Gasteiger partial charge is 0.0568 e. The maximum absolute atomic E-state index is 4.20. The van der Waals surface area contributed by atoms with Crippen molar-refractivity contribution in [3.05, 3.63) is 42.2 Å². The SMILES string of the molecule is CCNC(CC)c1ccc(-c2cnn(C)c2)cc1. The van der Waals surface area contributed by atoms with E-state index in [4.69, 9.17) is 0 Å². The van der Waals surface area contributed by atoms with E-state index in [1.165, 1.54) is 16.7 Å². The molecule has 0 bridgehead atoms. The van der Waals surface area contributed by atoms with Gasteiger partial charge in [-0.25, -0.2) is 0 Å². The molecule has 3 nitrogen and oxygen atoms in total. The third-order valence-corrected chi connectivity index (χ3v) is 3.21. The summed E-state index contributed by atoms with van der Waals surface area (Å²) in [5.41, 5.74) is 3.74. The number of aryl methyl sites for hydroxylation is 1. The molecule has 1 aromatic carbocycles. The van der Waals surface area contributed by atoms with Crippen molar-refractivity contribution in [1.29, 1.82) is 0 Å². The van der Waals surface area contributed by atoms with Crippen molar-refractivity contribution in [2.75, 3.05) is 6.54 Å². The first-order valence-electron chi connectivity index (χ1n) is 6.57. The van der Waals surface area contributed by atoms with Crippen LogP contribution in [0, 0.1) is 0 Å². The van der Waals surface area contributed by atoms with Gasteiger partial charge in [-0.1, -0.05) is 38.1 Å². The minimum Gasteiger partial charge on any atom is -0.310 e. The molecule has 2 rings (SSSR count). The van der Waals surface area contributed by atoms with Gasteiger partial charge in [-0.05, 0) is 24.1 Å². The Labute approximate surface area is 109 Å². The summed E-state index contributed by atoms with van der Waals surface area (Å²) < 4.78 is 1.83. The first kappa shape index (κ1) is 12.8. The molecule has 0 radical (unpaired) electrons. The molecular weight excluding hydrogens is 222 g/mol. The fourth-order valence-electron chi connectivity index (χ4n) is 2.22. The highest BCUT2D eigenvalue weighted by molar-refractivity contribution is 5.62. The summed E-state index contributed by atoms with van der Waals surface area (Å²) in [6.45, 7) is 5.36. The first-order valence-corrected chi connectivity index (χ1v) is 6.57. The van der Waals surface area contributed by atoms with Crippen LogP contribution < -0.4 is 5.32 Å². The fraction of sp³-hybridized carbons (Fsp3) is 0.400. The number of rotatable bonds is 5. The van der Waals surface area contributed by atoms with Crippen LogP contribution in [0.3, 0.4) is 0 Å². The van der Waals surface area contributed by atoms with Gasteiger partial charge in [-0.2, -0.15) is 5.10 Å². The van der Waals surface area contributed by atoms with E-state index in [1.807, 2.05) is 24.1 Å². The molecule has 0 amide bonds. The van der Waals surface area contributed by atoms with Crippen LogP contribution in [0.15, 0.2) is 36.7 Å². The van der Waals surface area contributed by atoms with Crippen molar-refractivity contribution in [1.82, 2.24) is 15.1 Å². The molecular formula is C15H21N3. The molecule has 0 saturated heterocycles. The zero-order valence-electron chi connectivity index (χ0n) is 11.4. The van der Waals surface area contributed by atoms with Crippen LogP contribution in [0.2, 0.25) is 0 Å². The van der Waals surface area contributed by atoms with Crippen LogP contribution >= 0.6 is 0 Å². The Morgan fingerprint density at radius 1 is 1.17 bits per heavy atom. The first-order chi connectivity index (χ1) is 8.74. The Bertz CT molecular complexity index is 485. The Morgan fingerprint density at radius 3 is 2.39 bits per heavy atom. The molecule has 2 aromatic rings. The summed E-state index contributed by atoms with van der Waals surface area (Å²) >= 11 is 0. The number of nitrogens with one attached hydrogen (secondary N) is 1. The molecule has 1 atom stereocenters. The molecule has 3 heteroatoms. The number of aromatic nitrogens is 2. The van der Waals surface area contributed by atoms with E-state index < -0.39 is 0 Å². The minimum absolute atomic E-state index is 0.456. The van der Waals surface area contributed by atoms with Gasteiger partial charge >= 0.3 is 0 Å².